The van der Waals surface area contributed by atoms with Crippen molar-refractivity contribution in [2.75, 3.05) is 32.1 Å². The summed E-state index contributed by atoms with van der Waals surface area (Å²) in [5, 5.41) is 9.29. The van der Waals surface area contributed by atoms with Gasteiger partial charge >= 0.3 is 5.97 Å². The van der Waals surface area contributed by atoms with Gasteiger partial charge in [0.15, 0.2) is 0 Å². The lowest BCUT2D eigenvalue weighted by atomic mass is 10.1. The van der Waals surface area contributed by atoms with Gasteiger partial charge in [-0.1, -0.05) is 6.92 Å². The van der Waals surface area contributed by atoms with Gasteiger partial charge in [0.25, 0.3) is 0 Å². The Labute approximate surface area is 121 Å². The van der Waals surface area contributed by atoms with Crippen molar-refractivity contribution in [3.63, 3.8) is 0 Å². The Morgan fingerprint density at radius 2 is 2.21 bits per heavy atom. The Morgan fingerprint density at radius 1 is 1.53 bits per heavy atom. The van der Waals surface area contributed by atoms with E-state index in [1.165, 1.54) is 0 Å². The van der Waals surface area contributed by atoms with Crippen LogP contribution < -0.4 is 4.90 Å². The van der Waals surface area contributed by atoms with Crippen molar-refractivity contribution in [3.05, 3.63) is 22.3 Å². The van der Waals surface area contributed by atoms with Gasteiger partial charge in [-0.05, 0) is 42.0 Å². The summed E-state index contributed by atoms with van der Waals surface area (Å²) in [7, 11) is 4.11. The smallest absolute Gasteiger partial charge is 0.339 e. The Morgan fingerprint density at radius 3 is 2.74 bits per heavy atom. The average Bonchev–Trinajstić information content (AvgIpc) is 2.71. The highest BCUT2D eigenvalue weighted by molar-refractivity contribution is 9.10. The van der Waals surface area contributed by atoms with Gasteiger partial charge in [-0.25, -0.2) is 9.78 Å². The molecule has 1 saturated heterocycles. The summed E-state index contributed by atoms with van der Waals surface area (Å²) in [6.45, 7) is 3.82. The first-order valence-electron chi connectivity index (χ1n) is 6.20. The second kappa shape index (κ2) is 5.46. The van der Waals surface area contributed by atoms with E-state index in [1.54, 1.807) is 12.3 Å². The van der Waals surface area contributed by atoms with Crippen LogP contribution in [0.5, 0.6) is 0 Å². The van der Waals surface area contributed by atoms with E-state index in [9.17, 15) is 9.90 Å². The van der Waals surface area contributed by atoms with E-state index in [0.717, 1.165) is 13.1 Å². The first-order valence-corrected chi connectivity index (χ1v) is 6.99. The van der Waals surface area contributed by atoms with Crippen LogP contribution in [0.25, 0.3) is 0 Å². The number of carboxylic acid groups (broad SMARTS) is 1. The first-order chi connectivity index (χ1) is 8.90. The predicted octanol–water partition coefficient (Wildman–Crippen LogP) is 1.93. The molecule has 2 rings (SSSR count). The van der Waals surface area contributed by atoms with Gasteiger partial charge in [-0.15, -0.1) is 0 Å². The minimum Gasteiger partial charge on any atom is -0.478 e. The van der Waals surface area contributed by atoms with Gasteiger partial charge < -0.3 is 14.9 Å². The van der Waals surface area contributed by atoms with E-state index < -0.39 is 5.97 Å². The molecule has 0 saturated carbocycles. The Bertz CT molecular complexity index is 493. The number of aromatic nitrogens is 1. The van der Waals surface area contributed by atoms with Gasteiger partial charge in [0.2, 0.25) is 0 Å². The number of nitrogens with zero attached hydrogens (tertiary/aromatic N) is 3. The van der Waals surface area contributed by atoms with Crippen LogP contribution in [0.3, 0.4) is 0 Å². The maximum absolute atomic E-state index is 11.3. The third-order valence-electron chi connectivity index (χ3n) is 3.60. The third kappa shape index (κ3) is 2.90. The SMILES string of the molecule is CC1CN(c2ncc(Br)cc2C(=O)O)CC1N(C)C. The van der Waals surface area contributed by atoms with Crippen molar-refractivity contribution >= 4 is 27.7 Å². The summed E-state index contributed by atoms with van der Waals surface area (Å²) >= 11 is 3.27. The van der Waals surface area contributed by atoms with Gasteiger partial charge in [-0.3, -0.25) is 0 Å². The molecular weight excluding hydrogens is 310 g/mol. The number of likely N-dealkylation sites (N-methyl/N-ethyl adjacent to an activating group) is 1. The van der Waals surface area contributed by atoms with Crippen molar-refractivity contribution in [2.24, 2.45) is 5.92 Å². The average molecular weight is 328 g/mol. The van der Waals surface area contributed by atoms with Crippen LogP contribution >= 0.6 is 15.9 Å². The Balaban J connectivity index is 2.31. The number of rotatable bonds is 3. The standard InChI is InChI=1S/C13H18BrN3O2/c1-8-6-17(7-11(8)16(2)3)12-10(13(18)19)4-9(14)5-15-12/h4-5,8,11H,6-7H2,1-3H3,(H,18,19). The van der Waals surface area contributed by atoms with Crippen LogP contribution in [0.15, 0.2) is 16.7 Å². The molecule has 2 unspecified atom stereocenters. The highest BCUT2D eigenvalue weighted by Gasteiger charge is 2.33. The molecule has 5 nitrogen and oxygen atoms in total. The summed E-state index contributed by atoms with van der Waals surface area (Å²) in [5.74, 6) is 0.110. The Kier molecular flexibility index (Phi) is 4.10. The van der Waals surface area contributed by atoms with Gasteiger partial charge in [0.1, 0.15) is 11.4 Å². The molecule has 0 bridgehead atoms. The van der Waals surface area contributed by atoms with Crippen molar-refractivity contribution in [3.8, 4) is 0 Å². The molecule has 0 amide bonds. The first kappa shape index (κ1) is 14.3. The number of anilines is 1. The normalized spacial score (nSPS) is 23.1. The minimum atomic E-state index is -0.940. The summed E-state index contributed by atoms with van der Waals surface area (Å²) in [6, 6.07) is 2.03. The Hall–Kier alpha value is -1.14. The zero-order chi connectivity index (χ0) is 14.2. The highest BCUT2D eigenvalue weighted by atomic mass is 79.9. The van der Waals surface area contributed by atoms with E-state index in [0.29, 0.717) is 22.3 Å². The van der Waals surface area contributed by atoms with Crippen LogP contribution in [0.4, 0.5) is 5.82 Å². The summed E-state index contributed by atoms with van der Waals surface area (Å²) in [4.78, 5) is 19.9. The van der Waals surface area contributed by atoms with Crippen LogP contribution in [-0.2, 0) is 0 Å². The topological polar surface area (TPSA) is 56.7 Å². The number of hydrogen-bond acceptors (Lipinski definition) is 4. The van der Waals surface area contributed by atoms with E-state index in [4.69, 9.17) is 0 Å². The summed E-state index contributed by atoms with van der Waals surface area (Å²) in [6.07, 6.45) is 1.65. The van der Waals surface area contributed by atoms with Crippen LogP contribution in [0, 0.1) is 5.92 Å². The summed E-state index contributed by atoms with van der Waals surface area (Å²) in [5.41, 5.74) is 0.251. The lowest BCUT2D eigenvalue weighted by molar-refractivity contribution is 0.0697. The fourth-order valence-corrected chi connectivity index (χ4v) is 2.97. The maximum atomic E-state index is 11.3. The van der Waals surface area contributed by atoms with E-state index in [-0.39, 0.29) is 5.56 Å². The number of aromatic carboxylic acids is 1. The van der Waals surface area contributed by atoms with E-state index in [2.05, 4.69) is 51.7 Å². The lowest BCUT2D eigenvalue weighted by Gasteiger charge is -2.23. The second-order valence-corrected chi connectivity index (χ2v) is 6.16. The molecule has 1 aliphatic rings. The molecule has 0 spiro atoms. The van der Waals surface area contributed by atoms with E-state index in [1.807, 2.05) is 0 Å². The van der Waals surface area contributed by atoms with Crippen molar-refractivity contribution < 1.29 is 9.90 Å². The van der Waals surface area contributed by atoms with Crippen molar-refractivity contribution in [2.45, 2.75) is 13.0 Å². The molecule has 1 fully saturated rings. The molecule has 2 heterocycles. The fourth-order valence-electron chi connectivity index (χ4n) is 2.64. The molecule has 1 N–H and O–H groups in total. The molecule has 19 heavy (non-hydrogen) atoms. The largest absolute Gasteiger partial charge is 0.478 e. The molecular formula is C13H18BrN3O2. The van der Waals surface area contributed by atoms with Crippen LogP contribution in [0.1, 0.15) is 17.3 Å². The monoisotopic (exact) mass is 327 g/mol. The molecule has 6 heteroatoms. The molecule has 0 aromatic carbocycles. The molecule has 104 valence electrons. The van der Waals surface area contributed by atoms with Crippen LogP contribution in [-0.4, -0.2) is 54.2 Å². The summed E-state index contributed by atoms with van der Waals surface area (Å²) < 4.78 is 0.685. The van der Waals surface area contributed by atoms with Crippen LogP contribution in [0.2, 0.25) is 0 Å². The molecule has 0 aliphatic carbocycles. The predicted molar refractivity (Wildman–Crippen MR) is 77.7 cm³/mol. The maximum Gasteiger partial charge on any atom is 0.339 e. The number of carbonyl (C=O) groups is 1. The zero-order valence-electron chi connectivity index (χ0n) is 11.3. The zero-order valence-corrected chi connectivity index (χ0v) is 12.9. The highest BCUT2D eigenvalue weighted by Crippen LogP contribution is 2.28. The number of halogens is 1. The van der Waals surface area contributed by atoms with Crippen molar-refractivity contribution in [1.29, 1.82) is 0 Å². The number of hydrogen-bond donors (Lipinski definition) is 1. The molecule has 0 radical (unpaired) electrons. The third-order valence-corrected chi connectivity index (χ3v) is 4.03. The molecule has 1 aromatic rings. The van der Waals surface area contributed by atoms with Gasteiger partial charge in [0, 0.05) is 29.8 Å². The molecule has 1 aromatic heterocycles. The second-order valence-electron chi connectivity index (χ2n) is 5.24. The number of carboxylic acids is 1. The van der Waals surface area contributed by atoms with Gasteiger partial charge in [0.05, 0.1) is 0 Å². The lowest BCUT2D eigenvalue weighted by Crippen LogP contribution is -2.34. The van der Waals surface area contributed by atoms with E-state index >= 15 is 0 Å². The number of pyridine rings is 1. The molecule has 1 aliphatic heterocycles. The van der Waals surface area contributed by atoms with Gasteiger partial charge in [-0.2, -0.15) is 0 Å². The quantitative estimate of drug-likeness (QED) is 0.919. The minimum absolute atomic E-state index is 0.251. The van der Waals surface area contributed by atoms with Crippen molar-refractivity contribution in [1.82, 2.24) is 9.88 Å². The molecule has 2 atom stereocenters. The fraction of sp³-hybridized carbons (Fsp3) is 0.538.